The van der Waals surface area contributed by atoms with Crippen molar-refractivity contribution in [3.63, 3.8) is 0 Å². The summed E-state index contributed by atoms with van der Waals surface area (Å²) in [7, 11) is 0. The average molecular weight is 144 g/mol. The standard InChI is InChI=1S/C5H8N2OS/c8-3-1-2-5-4-9-7-6-5/h4,8H,1-3H2. The van der Waals surface area contributed by atoms with Crippen molar-refractivity contribution >= 4 is 11.5 Å². The number of aliphatic hydroxyl groups excluding tert-OH is 1. The van der Waals surface area contributed by atoms with Crippen molar-refractivity contribution in [3.05, 3.63) is 11.1 Å². The molecule has 50 valence electrons. The molecule has 0 atom stereocenters. The Labute approximate surface area is 57.5 Å². The highest BCUT2D eigenvalue weighted by atomic mass is 32.1. The van der Waals surface area contributed by atoms with Crippen LogP contribution in [-0.2, 0) is 6.42 Å². The molecule has 1 aromatic heterocycles. The molecule has 1 heterocycles. The molecule has 9 heavy (non-hydrogen) atoms. The van der Waals surface area contributed by atoms with E-state index in [-0.39, 0.29) is 6.61 Å². The van der Waals surface area contributed by atoms with E-state index in [1.807, 2.05) is 5.38 Å². The van der Waals surface area contributed by atoms with Crippen LogP contribution in [0, 0.1) is 0 Å². The number of nitrogens with zero attached hydrogens (tertiary/aromatic N) is 2. The van der Waals surface area contributed by atoms with Gasteiger partial charge in [-0.3, -0.25) is 0 Å². The van der Waals surface area contributed by atoms with Gasteiger partial charge in [0.05, 0.1) is 5.69 Å². The van der Waals surface area contributed by atoms with E-state index in [4.69, 9.17) is 5.11 Å². The fraction of sp³-hybridized carbons (Fsp3) is 0.600. The van der Waals surface area contributed by atoms with E-state index in [0.717, 1.165) is 18.5 Å². The Balaban J connectivity index is 2.30. The Morgan fingerprint density at radius 2 is 2.56 bits per heavy atom. The summed E-state index contributed by atoms with van der Waals surface area (Å²) in [5, 5.41) is 14.1. The minimum Gasteiger partial charge on any atom is -0.396 e. The predicted octanol–water partition coefficient (Wildman–Crippen LogP) is 0.463. The van der Waals surface area contributed by atoms with Crippen LogP contribution in [0.4, 0.5) is 0 Å². The summed E-state index contributed by atoms with van der Waals surface area (Å²) < 4.78 is 3.69. The smallest absolute Gasteiger partial charge is 0.0756 e. The van der Waals surface area contributed by atoms with Crippen molar-refractivity contribution in [1.29, 1.82) is 0 Å². The highest BCUT2D eigenvalue weighted by Gasteiger charge is 1.92. The van der Waals surface area contributed by atoms with E-state index in [9.17, 15) is 0 Å². The van der Waals surface area contributed by atoms with E-state index >= 15 is 0 Å². The minimum atomic E-state index is 0.234. The molecule has 0 spiro atoms. The third-order valence-corrected chi connectivity index (χ3v) is 1.55. The lowest BCUT2D eigenvalue weighted by atomic mass is 10.3. The average Bonchev–Trinajstić information content (AvgIpc) is 2.34. The van der Waals surface area contributed by atoms with Crippen molar-refractivity contribution in [2.24, 2.45) is 0 Å². The Hall–Kier alpha value is -0.480. The lowest BCUT2D eigenvalue weighted by Gasteiger charge is -1.87. The normalized spacial score (nSPS) is 9.89. The van der Waals surface area contributed by atoms with Gasteiger partial charge in [0.1, 0.15) is 0 Å². The van der Waals surface area contributed by atoms with Crippen LogP contribution < -0.4 is 0 Å². The Morgan fingerprint density at radius 3 is 3.11 bits per heavy atom. The zero-order chi connectivity index (χ0) is 6.53. The number of hydrogen-bond acceptors (Lipinski definition) is 4. The van der Waals surface area contributed by atoms with Crippen LogP contribution in [0.15, 0.2) is 5.38 Å². The van der Waals surface area contributed by atoms with Gasteiger partial charge in [-0.25, -0.2) is 0 Å². The van der Waals surface area contributed by atoms with Crippen LogP contribution in [-0.4, -0.2) is 21.3 Å². The molecule has 0 amide bonds. The van der Waals surface area contributed by atoms with Crippen molar-refractivity contribution in [2.45, 2.75) is 12.8 Å². The van der Waals surface area contributed by atoms with Crippen molar-refractivity contribution in [1.82, 2.24) is 9.59 Å². The van der Waals surface area contributed by atoms with Gasteiger partial charge in [0.15, 0.2) is 0 Å². The fourth-order valence-electron chi connectivity index (χ4n) is 0.553. The van der Waals surface area contributed by atoms with Crippen LogP contribution in [0.25, 0.3) is 0 Å². The van der Waals surface area contributed by atoms with E-state index in [2.05, 4.69) is 9.59 Å². The van der Waals surface area contributed by atoms with Gasteiger partial charge in [0, 0.05) is 12.0 Å². The third-order valence-electron chi connectivity index (χ3n) is 0.996. The molecule has 0 aliphatic carbocycles. The molecule has 0 aromatic carbocycles. The second-order valence-electron chi connectivity index (χ2n) is 1.72. The van der Waals surface area contributed by atoms with E-state index in [0.29, 0.717) is 0 Å². The SMILES string of the molecule is OCCCc1csnn1. The highest BCUT2D eigenvalue weighted by Crippen LogP contribution is 1.99. The molecule has 0 fully saturated rings. The zero-order valence-corrected chi connectivity index (χ0v) is 5.77. The minimum absolute atomic E-state index is 0.234. The Morgan fingerprint density at radius 1 is 1.67 bits per heavy atom. The Bertz CT molecular complexity index is 152. The van der Waals surface area contributed by atoms with E-state index in [1.54, 1.807) is 0 Å². The molecule has 1 N–H and O–H groups in total. The van der Waals surface area contributed by atoms with Crippen LogP contribution in [0.2, 0.25) is 0 Å². The fourth-order valence-corrected chi connectivity index (χ4v) is 1.04. The Kier molecular flexibility index (Phi) is 2.60. The molecule has 0 aliphatic rings. The molecule has 0 bridgehead atoms. The lowest BCUT2D eigenvalue weighted by Crippen LogP contribution is -1.88. The molecular formula is C5H8N2OS. The maximum atomic E-state index is 8.42. The summed E-state index contributed by atoms with van der Waals surface area (Å²) in [6.07, 6.45) is 1.62. The maximum Gasteiger partial charge on any atom is 0.0756 e. The van der Waals surface area contributed by atoms with Crippen molar-refractivity contribution in [3.8, 4) is 0 Å². The predicted molar refractivity (Wildman–Crippen MR) is 35.3 cm³/mol. The van der Waals surface area contributed by atoms with Crippen molar-refractivity contribution < 1.29 is 5.11 Å². The summed E-state index contributed by atoms with van der Waals surface area (Å²) in [5.74, 6) is 0. The first kappa shape index (κ1) is 6.64. The molecule has 1 rings (SSSR count). The number of hydrogen-bond donors (Lipinski definition) is 1. The highest BCUT2D eigenvalue weighted by molar-refractivity contribution is 7.03. The molecular weight excluding hydrogens is 136 g/mol. The molecule has 0 saturated heterocycles. The van der Waals surface area contributed by atoms with Crippen LogP contribution in [0.5, 0.6) is 0 Å². The van der Waals surface area contributed by atoms with Gasteiger partial charge in [0.25, 0.3) is 0 Å². The largest absolute Gasteiger partial charge is 0.396 e. The second kappa shape index (κ2) is 3.53. The van der Waals surface area contributed by atoms with Gasteiger partial charge < -0.3 is 5.11 Å². The van der Waals surface area contributed by atoms with E-state index in [1.165, 1.54) is 11.5 Å². The first-order valence-electron chi connectivity index (χ1n) is 2.80. The third kappa shape index (κ3) is 2.07. The molecule has 0 radical (unpaired) electrons. The van der Waals surface area contributed by atoms with Crippen molar-refractivity contribution in [2.75, 3.05) is 6.61 Å². The van der Waals surface area contributed by atoms with Crippen LogP contribution >= 0.6 is 11.5 Å². The zero-order valence-electron chi connectivity index (χ0n) is 4.95. The molecule has 0 unspecified atom stereocenters. The quantitative estimate of drug-likeness (QED) is 0.670. The molecule has 1 aromatic rings. The second-order valence-corrected chi connectivity index (χ2v) is 2.33. The van der Waals surface area contributed by atoms with Gasteiger partial charge >= 0.3 is 0 Å². The summed E-state index contributed by atoms with van der Waals surface area (Å²) in [4.78, 5) is 0. The van der Waals surface area contributed by atoms with E-state index < -0.39 is 0 Å². The number of aromatic nitrogens is 2. The lowest BCUT2D eigenvalue weighted by molar-refractivity contribution is 0.288. The summed E-state index contributed by atoms with van der Waals surface area (Å²) in [6.45, 7) is 0.234. The van der Waals surface area contributed by atoms with Gasteiger partial charge in [0.2, 0.25) is 0 Å². The number of rotatable bonds is 3. The van der Waals surface area contributed by atoms with Gasteiger partial charge in [-0.1, -0.05) is 4.49 Å². The van der Waals surface area contributed by atoms with Gasteiger partial charge in [-0.15, -0.1) is 5.10 Å². The molecule has 4 heteroatoms. The molecule has 0 saturated carbocycles. The maximum absolute atomic E-state index is 8.42. The first-order chi connectivity index (χ1) is 4.43. The van der Waals surface area contributed by atoms with Crippen LogP contribution in [0.3, 0.4) is 0 Å². The van der Waals surface area contributed by atoms with Gasteiger partial charge in [-0.2, -0.15) is 0 Å². The number of aliphatic hydroxyl groups is 1. The molecule has 0 aliphatic heterocycles. The number of aryl methyl sites for hydroxylation is 1. The summed E-state index contributed by atoms with van der Waals surface area (Å²) >= 11 is 1.35. The summed E-state index contributed by atoms with van der Waals surface area (Å²) in [5.41, 5.74) is 0.981. The van der Waals surface area contributed by atoms with Gasteiger partial charge in [-0.05, 0) is 24.4 Å². The topological polar surface area (TPSA) is 46.0 Å². The monoisotopic (exact) mass is 144 g/mol. The van der Waals surface area contributed by atoms with Crippen LogP contribution in [0.1, 0.15) is 12.1 Å². The molecule has 3 nitrogen and oxygen atoms in total. The summed E-state index contributed by atoms with van der Waals surface area (Å²) in [6, 6.07) is 0. The first-order valence-corrected chi connectivity index (χ1v) is 3.64.